The van der Waals surface area contributed by atoms with E-state index in [9.17, 15) is 13.4 Å². The molecule has 0 N–H and O–H groups in total. The lowest BCUT2D eigenvalue weighted by atomic mass is 10.2. The standard InChI is InChI=1S/C22H20ClFN2O3S/c23-16-1-8-20(9-2-16)30(28)15-19-7-10-21(29-19)22(27)26-13-11-25(12-14-26)18-5-3-17(24)4-6-18/h1-10H,11-15H2/t30-/m1/s1. The van der Waals surface area contributed by atoms with Crippen LogP contribution in [0.5, 0.6) is 0 Å². The van der Waals surface area contributed by atoms with Crippen molar-refractivity contribution in [2.24, 2.45) is 0 Å². The third kappa shape index (κ3) is 4.74. The zero-order valence-corrected chi connectivity index (χ0v) is 17.7. The molecule has 156 valence electrons. The number of rotatable bonds is 5. The number of carbonyl (C=O) groups is 1. The highest BCUT2D eigenvalue weighted by Crippen LogP contribution is 2.20. The van der Waals surface area contributed by atoms with Crippen LogP contribution in [0.25, 0.3) is 0 Å². The van der Waals surface area contributed by atoms with Crippen molar-refractivity contribution in [3.05, 3.63) is 83.0 Å². The lowest BCUT2D eigenvalue weighted by Gasteiger charge is -2.35. The summed E-state index contributed by atoms with van der Waals surface area (Å²) in [5.41, 5.74) is 0.938. The predicted molar refractivity (Wildman–Crippen MR) is 115 cm³/mol. The van der Waals surface area contributed by atoms with E-state index in [0.29, 0.717) is 41.9 Å². The first kappa shape index (κ1) is 20.6. The summed E-state index contributed by atoms with van der Waals surface area (Å²) >= 11 is 5.86. The van der Waals surface area contributed by atoms with Gasteiger partial charge in [-0.25, -0.2) is 4.39 Å². The minimum atomic E-state index is -1.29. The van der Waals surface area contributed by atoms with E-state index in [-0.39, 0.29) is 23.2 Å². The van der Waals surface area contributed by atoms with Crippen LogP contribution in [0.3, 0.4) is 0 Å². The van der Waals surface area contributed by atoms with Gasteiger partial charge < -0.3 is 14.2 Å². The van der Waals surface area contributed by atoms with Gasteiger partial charge in [0.25, 0.3) is 5.91 Å². The van der Waals surface area contributed by atoms with Crippen molar-refractivity contribution in [1.29, 1.82) is 0 Å². The summed E-state index contributed by atoms with van der Waals surface area (Å²) in [7, 11) is -1.29. The number of piperazine rings is 1. The summed E-state index contributed by atoms with van der Waals surface area (Å²) in [6.07, 6.45) is 0. The maximum atomic E-state index is 13.1. The van der Waals surface area contributed by atoms with Gasteiger partial charge in [-0.15, -0.1) is 0 Å². The molecule has 1 aromatic heterocycles. The molecule has 5 nitrogen and oxygen atoms in total. The Kier molecular flexibility index (Phi) is 6.20. The lowest BCUT2D eigenvalue weighted by Crippen LogP contribution is -2.48. The largest absolute Gasteiger partial charge is 0.455 e. The van der Waals surface area contributed by atoms with Crippen LogP contribution in [0.1, 0.15) is 16.3 Å². The van der Waals surface area contributed by atoms with Gasteiger partial charge in [0.1, 0.15) is 11.6 Å². The number of carbonyl (C=O) groups excluding carboxylic acids is 1. The van der Waals surface area contributed by atoms with Gasteiger partial charge in [-0.3, -0.25) is 9.00 Å². The maximum Gasteiger partial charge on any atom is 0.289 e. The first-order valence-electron chi connectivity index (χ1n) is 9.52. The van der Waals surface area contributed by atoms with E-state index < -0.39 is 10.8 Å². The average molecular weight is 447 g/mol. The molecule has 8 heteroatoms. The summed E-state index contributed by atoms with van der Waals surface area (Å²) in [6, 6.07) is 16.5. The number of anilines is 1. The highest BCUT2D eigenvalue weighted by Gasteiger charge is 2.24. The Bertz CT molecular complexity index is 1050. The van der Waals surface area contributed by atoms with E-state index in [1.165, 1.54) is 12.1 Å². The maximum absolute atomic E-state index is 13.1. The fourth-order valence-electron chi connectivity index (χ4n) is 3.34. The molecule has 2 aromatic carbocycles. The molecule has 1 fully saturated rings. The molecule has 2 heterocycles. The van der Waals surface area contributed by atoms with Gasteiger partial charge in [-0.2, -0.15) is 0 Å². The van der Waals surface area contributed by atoms with Gasteiger partial charge in [0.15, 0.2) is 5.76 Å². The van der Waals surface area contributed by atoms with Crippen molar-refractivity contribution in [2.45, 2.75) is 10.6 Å². The molecule has 1 saturated heterocycles. The molecule has 0 spiro atoms. The fraction of sp³-hybridized carbons (Fsp3) is 0.227. The van der Waals surface area contributed by atoms with Gasteiger partial charge >= 0.3 is 0 Å². The topological polar surface area (TPSA) is 53.8 Å². The number of nitrogens with zero attached hydrogens (tertiary/aromatic N) is 2. The fourth-order valence-corrected chi connectivity index (χ4v) is 4.49. The molecular formula is C22H20ClFN2O3S. The summed E-state index contributed by atoms with van der Waals surface area (Å²) in [5, 5.41) is 0.584. The van der Waals surface area contributed by atoms with Gasteiger partial charge in [-0.05, 0) is 60.7 Å². The Morgan fingerprint density at radius 1 is 0.967 bits per heavy atom. The summed E-state index contributed by atoms with van der Waals surface area (Å²) < 4.78 is 31.3. The zero-order chi connectivity index (χ0) is 21.1. The molecule has 0 unspecified atom stereocenters. The molecule has 1 atom stereocenters. The highest BCUT2D eigenvalue weighted by molar-refractivity contribution is 7.84. The average Bonchev–Trinajstić information content (AvgIpc) is 3.23. The minimum Gasteiger partial charge on any atom is -0.455 e. The van der Waals surface area contributed by atoms with Crippen molar-refractivity contribution >= 4 is 34.0 Å². The van der Waals surface area contributed by atoms with E-state index in [2.05, 4.69) is 4.90 Å². The van der Waals surface area contributed by atoms with Crippen LogP contribution in [-0.2, 0) is 16.6 Å². The SMILES string of the molecule is O=C(c1ccc(C[S@@](=O)c2ccc(Cl)cc2)o1)N1CCN(c2ccc(F)cc2)CC1. The minimum absolute atomic E-state index is 0.183. The number of benzene rings is 2. The highest BCUT2D eigenvalue weighted by atomic mass is 35.5. The smallest absolute Gasteiger partial charge is 0.289 e. The molecular weight excluding hydrogens is 427 g/mol. The van der Waals surface area contributed by atoms with Crippen LogP contribution in [0.2, 0.25) is 5.02 Å². The van der Waals surface area contributed by atoms with E-state index >= 15 is 0 Å². The zero-order valence-electron chi connectivity index (χ0n) is 16.1. The molecule has 3 aromatic rings. The molecule has 30 heavy (non-hydrogen) atoms. The van der Waals surface area contributed by atoms with Gasteiger partial charge in [0.05, 0.1) is 16.6 Å². The first-order chi connectivity index (χ1) is 14.5. The summed E-state index contributed by atoms with van der Waals surface area (Å²) in [6.45, 7) is 2.41. The van der Waals surface area contributed by atoms with Gasteiger partial charge in [0, 0.05) is 41.8 Å². The van der Waals surface area contributed by atoms with Crippen LogP contribution < -0.4 is 4.90 Å². The van der Waals surface area contributed by atoms with E-state index in [1.807, 2.05) is 0 Å². The number of halogens is 2. The molecule has 0 radical (unpaired) electrons. The predicted octanol–water partition coefficient (Wildman–Crippen LogP) is 4.34. The monoisotopic (exact) mass is 446 g/mol. The van der Waals surface area contributed by atoms with Crippen LogP contribution in [0.15, 0.2) is 70.0 Å². The first-order valence-corrected chi connectivity index (χ1v) is 11.2. The third-order valence-electron chi connectivity index (χ3n) is 4.98. The van der Waals surface area contributed by atoms with Crippen LogP contribution >= 0.6 is 11.6 Å². The Hall–Kier alpha value is -2.64. The quantitative estimate of drug-likeness (QED) is 0.585. The molecule has 1 aliphatic heterocycles. The van der Waals surface area contributed by atoms with Crippen molar-refractivity contribution < 1.29 is 17.8 Å². The molecule has 4 rings (SSSR count). The normalized spacial score (nSPS) is 15.3. The Morgan fingerprint density at radius 2 is 1.63 bits per heavy atom. The van der Waals surface area contributed by atoms with E-state index in [4.69, 9.17) is 16.0 Å². The van der Waals surface area contributed by atoms with Crippen molar-refractivity contribution in [3.8, 4) is 0 Å². The summed E-state index contributed by atoms with van der Waals surface area (Å²) in [4.78, 5) is 17.3. The van der Waals surface area contributed by atoms with E-state index in [0.717, 1.165) is 5.69 Å². The van der Waals surface area contributed by atoms with Crippen molar-refractivity contribution in [2.75, 3.05) is 31.1 Å². The Morgan fingerprint density at radius 3 is 2.30 bits per heavy atom. The van der Waals surface area contributed by atoms with Crippen molar-refractivity contribution in [3.63, 3.8) is 0 Å². The summed E-state index contributed by atoms with van der Waals surface area (Å²) in [5.74, 6) is 0.480. The van der Waals surface area contributed by atoms with Crippen LogP contribution in [-0.4, -0.2) is 41.2 Å². The molecule has 0 bridgehead atoms. The number of furan rings is 1. The lowest BCUT2D eigenvalue weighted by molar-refractivity contribution is 0.0713. The number of hydrogen-bond donors (Lipinski definition) is 0. The Labute approximate surface area is 181 Å². The number of hydrogen-bond acceptors (Lipinski definition) is 4. The Balaban J connectivity index is 1.34. The molecule has 1 amide bonds. The number of amides is 1. The molecule has 0 saturated carbocycles. The van der Waals surface area contributed by atoms with Gasteiger partial charge in [-0.1, -0.05) is 11.6 Å². The van der Waals surface area contributed by atoms with Crippen molar-refractivity contribution in [1.82, 2.24) is 4.90 Å². The second-order valence-corrected chi connectivity index (χ2v) is 8.85. The van der Waals surface area contributed by atoms with Crippen LogP contribution in [0, 0.1) is 5.82 Å². The van der Waals surface area contributed by atoms with Crippen LogP contribution in [0.4, 0.5) is 10.1 Å². The second-order valence-electron chi connectivity index (χ2n) is 6.97. The molecule has 1 aliphatic rings. The van der Waals surface area contributed by atoms with E-state index in [1.54, 1.807) is 53.4 Å². The third-order valence-corrected chi connectivity index (χ3v) is 6.58. The van der Waals surface area contributed by atoms with Gasteiger partial charge in [0.2, 0.25) is 0 Å². The molecule has 0 aliphatic carbocycles. The second kappa shape index (κ2) is 9.02.